The number of methoxy groups -OCH3 is 2. The van der Waals surface area contributed by atoms with Crippen molar-refractivity contribution in [1.82, 2.24) is 19.9 Å². The number of nitrogens with two attached hydrogens (primary N) is 1. The third-order valence-corrected chi connectivity index (χ3v) is 4.61. The van der Waals surface area contributed by atoms with E-state index >= 15 is 0 Å². The molecule has 2 heterocycles. The number of benzene rings is 2. The zero-order valence-electron chi connectivity index (χ0n) is 18.8. The van der Waals surface area contributed by atoms with E-state index in [1.807, 2.05) is 0 Å². The van der Waals surface area contributed by atoms with Crippen molar-refractivity contribution in [3.8, 4) is 34.8 Å². The van der Waals surface area contributed by atoms with Crippen LogP contribution in [0.2, 0.25) is 10.3 Å². The van der Waals surface area contributed by atoms with Crippen LogP contribution in [0.4, 0.5) is 11.4 Å². The van der Waals surface area contributed by atoms with Crippen LogP contribution < -0.4 is 24.7 Å². The summed E-state index contributed by atoms with van der Waals surface area (Å²) in [6, 6.07) is 12.0. The number of nitrogen functional groups attached to an aromatic ring is 1. The van der Waals surface area contributed by atoms with Crippen molar-refractivity contribution in [2.24, 2.45) is 0 Å². The average molecular weight is 533 g/mol. The lowest BCUT2D eigenvalue weighted by atomic mass is 10.3. The maximum Gasteiger partial charge on any atom is 0.273 e. The number of nitro benzene ring substituents is 1. The average Bonchev–Trinajstić information content (AvgIpc) is 2.85. The van der Waals surface area contributed by atoms with Gasteiger partial charge in [0.05, 0.1) is 25.2 Å². The molecule has 12 nitrogen and oxygen atoms in total. The van der Waals surface area contributed by atoms with Crippen molar-refractivity contribution in [2.45, 2.75) is 0 Å². The molecule has 0 atom stereocenters. The van der Waals surface area contributed by atoms with Crippen molar-refractivity contribution in [2.75, 3.05) is 20.0 Å². The standard InChI is InChI=1S/C11H8ClN3O4.C11H10ClN3O2/c1-18-9-4-7(15(16)17)2-3-8(9)19-11-5-10(12)13-6-14-11;1-16-9-4-7(13)2-3-8(9)17-11-5-10(12)14-6-15-11/h2-6H,1H3;2-6H,13H2,1H3. The van der Waals surface area contributed by atoms with Crippen molar-refractivity contribution in [1.29, 1.82) is 0 Å². The van der Waals surface area contributed by atoms with Gasteiger partial charge in [-0.1, -0.05) is 23.2 Å². The van der Waals surface area contributed by atoms with Crippen LogP contribution in [0, 0.1) is 10.1 Å². The summed E-state index contributed by atoms with van der Waals surface area (Å²) in [6.07, 6.45) is 2.57. The molecule has 4 rings (SSSR count). The molecular weight excluding hydrogens is 515 g/mol. The minimum Gasteiger partial charge on any atom is -0.493 e. The van der Waals surface area contributed by atoms with Crippen LogP contribution in [0.15, 0.2) is 61.2 Å². The van der Waals surface area contributed by atoms with Gasteiger partial charge in [-0.15, -0.1) is 0 Å². The number of nitro groups is 1. The quantitative estimate of drug-likeness (QED) is 0.141. The second kappa shape index (κ2) is 12.3. The van der Waals surface area contributed by atoms with Crippen LogP contribution in [0.3, 0.4) is 0 Å². The second-order valence-electron chi connectivity index (χ2n) is 6.56. The maximum absolute atomic E-state index is 10.7. The van der Waals surface area contributed by atoms with Crippen molar-refractivity contribution in [3.63, 3.8) is 0 Å². The Kier molecular flexibility index (Phi) is 8.97. The fourth-order valence-corrected chi connectivity index (χ4v) is 2.87. The summed E-state index contributed by atoms with van der Waals surface area (Å²) in [5.74, 6) is 2.11. The fourth-order valence-electron chi connectivity index (χ4n) is 2.59. The van der Waals surface area contributed by atoms with Gasteiger partial charge in [-0.3, -0.25) is 10.1 Å². The molecule has 0 saturated carbocycles. The Morgan fingerprint density at radius 3 is 1.72 bits per heavy atom. The maximum atomic E-state index is 10.7. The molecule has 0 aliphatic carbocycles. The molecule has 0 fully saturated rings. The first-order valence-corrected chi connectivity index (χ1v) is 10.6. The number of non-ortho nitro benzene ring substituents is 1. The first kappa shape index (κ1) is 26.2. The van der Waals surface area contributed by atoms with Crippen LogP contribution in [0.5, 0.6) is 34.8 Å². The molecule has 0 radical (unpaired) electrons. The van der Waals surface area contributed by atoms with Crippen molar-refractivity contribution in [3.05, 3.63) is 81.6 Å². The lowest BCUT2D eigenvalue weighted by Gasteiger charge is -2.09. The van der Waals surface area contributed by atoms with Crippen LogP contribution in [0.1, 0.15) is 0 Å². The first-order valence-electron chi connectivity index (χ1n) is 9.85. The zero-order valence-corrected chi connectivity index (χ0v) is 20.3. The number of anilines is 1. The molecule has 186 valence electrons. The highest BCUT2D eigenvalue weighted by Gasteiger charge is 2.13. The molecular formula is C22H18Cl2N6O6. The number of rotatable bonds is 7. The van der Waals surface area contributed by atoms with E-state index in [1.54, 1.807) is 18.2 Å². The van der Waals surface area contributed by atoms with Gasteiger partial charge in [0.2, 0.25) is 11.8 Å². The van der Waals surface area contributed by atoms with Gasteiger partial charge in [0, 0.05) is 30.0 Å². The van der Waals surface area contributed by atoms with Gasteiger partial charge in [0.25, 0.3) is 5.69 Å². The molecule has 0 aliphatic rings. The molecule has 14 heteroatoms. The van der Waals surface area contributed by atoms with Crippen LogP contribution in [-0.2, 0) is 0 Å². The van der Waals surface area contributed by atoms with Gasteiger partial charge in [0.15, 0.2) is 23.0 Å². The highest BCUT2D eigenvalue weighted by molar-refractivity contribution is 6.29. The van der Waals surface area contributed by atoms with Crippen LogP contribution in [-0.4, -0.2) is 39.1 Å². The van der Waals surface area contributed by atoms with Gasteiger partial charge in [0.1, 0.15) is 23.0 Å². The van der Waals surface area contributed by atoms with E-state index in [4.69, 9.17) is 47.9 Å². The number of halogens is 2. The largest absolute Gasteiger partial charge is 0.493 e. The molecule has 0 bridgehead atoms. The summed E-state index contributed by atoms with van der Waals surface area (Å²) in [6.45, 7) is 0. The lowest BCUT2D eigenvalue weighted by Crippen LogP contribution is -1.95. The highest BCUT2D eigenvalue weighted by Crippen LogP contribution is 2.34. The number of nitrogens with zero attached hydrogens (tertiary/aromatic N) is 5. The Bertz CT molecular complexity index is 1360. The summed E-state index contributed by atoms with van der Waals surface area (Å²) in [7, 11) is 2.92. The van der Waals surface area contributed by atoms with Crippen molar-refractivity contribution >= 4 is 34.6 Å². The lowest BCUT2D eigenvalue weighted by molar-refractivity contribution is -0.384. The molecule has 4 aromatic rings. The van der Waals surface area contributed by atoms with E-state index in [0.717, 1.165) is 0 Å². The number of aromatic nitrogens is 4. The molecule has 0 unspecified atom stereocenters. The normalized spacial score (nSPS) is 10.0. The van der Waals surface area contributed by atoms with E-state index in [-0.39, 0.29) is 22.5 Å². The predicted octanol–water partition coefficient (Wildman–Crippen LogP) is 5.35. The third-order valence-electron chi connectivity index (χ3n) is 4.19. The highest BCUT2D eigenvalue weighted by atomic mass is 35.5. The number of hydrogen-bond donors (Lipinski definition) is 1. The SMILES string of the molecule is COc1cc(N)ccc1Oc1cc(Cl)ncn1.COc1cc([N+](=O)[O-])ccc1Oc1cc(Cl)ncn1. The molecule has 2 aromatic carbocycles. The molecule has 2 aromatic heterocycles. The molecule has 36 heavy (non-hydrogen) atoms. The van der Waals surface area contributed by atoms with Crippen LogP contribution >= 0.6 is 23.2 Å². The fraction of sp³-hybridized carbons (Fsp3) is 0.0909. The van der Waals surface area contributed by atoms with Gasteiger partial charge < -0.3 is 24.7 Å². The van der Waals surface area contributed by atoms with E-state index in [9.17, 15) is 10.1 Å². The van der Waals surface area contributed by atoms with E-state index in [0.29, 0.717) is 34.0 Å². The zero-order chi connectivity index (χ0) is 26.1. The minimum atomic E-state index is -0.520. The Morgan fingerprint density at radius 1 is 0.750 bits per heavy atom. The Hall–Kier alpha value is -4.42. The minimum absolute atomic E-state index is 0.0927. The van der Waals surface area contributed by atoms with Gasteiger partial charge >= 0.3 is 0 Å². The number of ether oxygens (including phenoxy) is 4. The van der Waals surface area contributed by atoms with E-state index < -0.39 is 4.92 Å². The third kappa shape index (κ3) is 7.29. The van der Waals surface area contributed by atoms with E-state index in [1.165, 1.54) is 57.2 Å². The molecule has 0 aliphatic heterocycles. The predicted molar refractivity (Wildman–Crippen MR) is 131 cm³/mol. The summed E-state index contributed by atoms with van der Waals surface area (Å²) in [5.41, 5.74) is 6.14. The molecule has 2 N–H and O–H groups in total. The summed E-state index contributed by atoms with van der Waals surface area (Å²) in [5, 5.41) is 11.2. The number of hydrogen-bond acceptors (Lipinski definition) is 11. The summed E-state index contributed by atoms with van der Waals surface area (Å²) < 4.78 is 21.1. The Labute approximate surface area is 214 Å². The smallest absolute Gasteiger partial charge is 0.273 e. The van der Waals surface area contributed by atoms with Gasteiger partial charge in [-0.2, -0.15) is 0 Å². The van der Waals surface area contributed by atoms with Crippen molar-refractivity contribution < 1.29 is 23.9 Å². The van der Waals surface area contributed by atoms with Gasteiger partial charge in [-0.05, 0) is 18.2 Å². The Balaban J connectivity index is 0.000000202. The van der Waals surface area contributed by atoms with Crippen LogP contribution in [0.25, 0.3) is 0 Å². The second-order valence-corrected chi connectivity index (χ2v) is 7.34. The van der Waals surface area contributed by atoms with E-state index in [2.05, 4.69) is 19.9 Å². The topological polar surface area (TPSA) is 158 Å². The summed E-state index contributed by atoms with van der Waals surface area (Å²) >= 11 is 11.4. The molecule has 0 amide bonds. The molecule has 0 spiro atoms. The summed E-state index contributed by atoms with van der Waals surface area (Å²) in [4.78, 5) is 25.4. The monoisotopic (exact) mass is 532 g/mol. The first-order chi connectivity index (χ1) is 17.3. The Morgan fingerprint density at radius 2 is 1.25 bits per heavy atom. The molecule has 0 saturated heterocycles. The van der Waals surface area contributed by atoms with Gasteiger partial charge in [-0.25, -0.2) is 19.9 Å².